The number of hydrogen-bond donors (Lipinski definition) is 2. The van der Waals surface area contributed by atoms with Crippen LogP contribution in [0.25, 0.3) is 0 Å². The number of aryl methyl sites for hydroxylation is 1. The second-order valence-electron chi connectivity index (χ2n) is 15.5. The molecule has 2 N–H and O–H groups in total. The van der Waals surface area contributed by atoms with Crippen molar-refractivity contribution in [1.29, 1.82) is 0 Å². The van der Waals surface area contributed by atoms with Crippen LogP contribution in [0.2, 0.25) is 0 Å². The molecular formula is C47H43N3O19S. The van der Waals surface area contributed by atoms with Gasteiger partial charge in [-0.1, -0.05) is 72.8 Å². The average Bonchev–Trinajstić information content (AvgIpc) is 3.75. The first-order valence-electron chi connectivity index (χ1n) is 21.2. The first-order chi connectivity index (χ1) is 33.5. The van der Waals surface area contributed by atoms with Gasteiger partial charge in [0.1, 0.15) is 31.1 Å². The number of benzene rings is 4. The molecule has 7 rings (SSSR count). The number of hydrogen-bond acceptors (Lipinski definition) is 19. The molecule has 23 heteroatoms. The number of ether oxygens (including phenoxy) is 8. The Balaban J connectivity index is 1.18. The Morgan fingerprint density at radius 2 is 1.11 bits per heavy atom. The molecule has 1 aromatic heterocycles. The summed E-state index contributed by atoms with van der Waals surface area (Å²) in [5, 5.41) is 0. The van der Waals surface area contributed by atoms with Gasteiger partial charge in [-0.25, -0.2) is 28.8 Å². The largest absolute Gasteiger partial charge is 0.460 e. The van der Waals surface area contributed by atoms with Crippen molar-refractivity contribution in [3.63, 3.8) is 0 Å². The number of amides is 1. The topological polar surface area (TPSA) is 287 Å². The summed E-state index contributed by atoms with van der Waals surface area (Å²) in [5.74, 6) is -4.84. The van der Waals surface area contributed by atoms with Crippen LogP contribution in [0.3, 0.4) is 0 Å². The van der Waals surface area contributed by atoms with Gasteiger partial charge in [0, 0.05) is 25.1 Å². The Kier molecular flexibility index (Phi) is 16.0. The monoisotopic (exact) mass is 985 g/mol. The zero-order valence-corrected chi connectivity index (χ0v) is 37.8. The van der Waals surface area contributed by atoms with Gasteiger partial charge in [0.25, 0.3) is 5.56 Å². The molecule has 2 aliphatic heterocycles. The number of rotatable bonds is 16. The molecule has 0 radical (unpaired) electrons. The van der Waals surface area contributed by atoms with Crippen molar-refractivity contribution >= 4 is 46.2 Å². The van der Waals surface area contributed by atoms with E-state index >= 15 is 0 Å². The molecule has 70 heavy (non-hydrogen) atoms. The van der Waals surface area contributed by atoms with E-state index in [1.54, 1.807) is 48.5 Å². The van der Waals surface area contributed by atoms with Crippen LogP contribution in [0, 0.1) is 6.92 Å². The molecule has 2 fully saturated rings. The summed E-state index contributed by atoms with van der Waals surface area (Å²) in [4.78, 5) is 107. The molecule has 0 unspecified atom stereocenters. The fourth-order valence-corrected chi connectivity index (χ4v) is 7.82. The Hall–Kier alpha value is -7.99. The van der Waals surface area contributed by atoms with Crippen molar-refractivity contribution in [3.8, 4) is 0 Å². The van der Waals surface area contributed by atoms with Crippen LogP contribution in [-0.4, -0.2) is 110 Å². The number of carbonyl (C=O) groups excluding carboxylic acids is 6. The standard InChI is InChI=1S/C47H43N3O19S/c1-27-24-50(46(57)48-40(27)52)36-23-33(63-28(2)51)34(64-36)26-62-70(59,60)49-47(58)69-45-39(68-44(56)32-21-13-6-14-22-32)38(67-43(55)31-19-11-5-12-20-31)37(66-42(54)30-17-9-4-10-18-30)35(65-45)25-61-41(53)29-15-7-3-8-16-29/h3-22,24,33-39,45H,23,25-26H2,1-2H3,(H,49,58)(H,48,52,57)/t33-,34+,35+,36+,37+,38-,39+,45+/m0/s1. The number of H-pyrrole nitrogens is 1. The minimum atomic E-state index is -5.20. The molecule has 2 aliphatic rings. The van der Waals surface area contributed by atoms with E-state index in [-0.39, 0.29) is 34.2 Å². The highest BCUT2D eigenvalue weighted by molar-refractivity contribution is 7.85. The van der Waals surface area contributed by atoms with E-state index in [0.29, 0.717) is 0 Å². The summed E-state index contributed by atoms with van der Waals surface area (Å²) in [7, 11) is -5.20. The Bertz CT molecular complexity index is 2920. The minimum Gasteiger partial charge on any atom is -0.460 e. The first kappa shape index (κ1) is 49.9. The van der Waals surface area contributed by atoms with Gasteiger partial charge in [0.2, 0.25) is 12.4 Å². The van der Waals surface area contributed by atoms with Crippen molar-refractivity contribution in [2.75, 3.05) is 13.2 Å². The summed E-state index contributed by atoms with van der Waals surface area (Å²) in [6.45, 7) is 0.801. The Morgan fingerprint density at radius 1 is 0.629 bits per heavy atom. The lowest BCUT2D eigenvalue weighted by atomic mass is 9.97. The SMILES string of the molecule is CC(=O)O[C@H]1C[C@H](n2cc(C)c(=O)[nH]c2=O)O[C@@H]1COS(=O)(=O)NC(=O)O[C@H]1O[C@H](COC(=O)c2ccccc2)[C@@H](OC(=O)c2ccccc2)[C@H](OC(=O)c2ccccc2)[C@H]1OC(=O)c1ccccc1. The fourth-order valence-electron chi connectivity index (χ4n) is 7.20. The van der Waals surface area contributed by atoms with Crippen LogP contribution in [0.15, 0.2) is 137 Å². The zero-order valence-electron chi connectivity index (χ0n) is 37.0. The van der Waals surface area contributed by atoms with E-state index in [9.17, 15) is 46.8 Å². The van der Waals surface area contributed by atoms with Gasteiger partial charge in [-0.3, -0.25) is 23.3 Å². The predicted octanol–water partition coefficient (Wildman–Crippen LogP) is 3.31. The molecule has 0 aliphatic carbocycles. The third kappa shape index (κ3) is 12.8. The van der Waals surface area contributed by atoms with Crippen molar-refractivity contribution in [2.45, 2.75) is 69.4 Å². The Labute approximate surface area is 397 Å². The number of carbonyl (C=O) groups is 6. The van der Waals surface area contributed by atoms with Crippen LogP contribution in [-0.2, 0) is 57.2 Å². The minimum absolute atomic E-state index is 0.00886. The van der Waals surface area contributed by atoms with Crippen LogP contribution in [0.1, 0.15) is 66.6 Å². The van der Waals surface area contributed by atoms with E-state index in [4.69, 9.17) is 42.1 Å². The van der Waals surface area contributed by atoms with E-state index in [2.05, 4.69) is 4.98 Å². The van der Waals surface area contributed by atoms with Crippen LogP contribution < -0.4 is 16.0 Å². The third-order valence-electron chi connectivity index (χ3n) is 10.5. The third-order valence-corrected chi connectivity index (χ3v) is 11.4. The second kappa shape index (κ2) is 22.4. The van der Waals surface area contributed by atoms with Gasteiger partial charge in [0.05, 0.1) is 28.9 Å². The van der Waals surface area contributed by atoms with Crippen LogP contribution in [0.5, 0.6) is 0 Å². The predicted molar refractivity (Wildman–Crippen MR) is 237 cm³/mol. The highest BCUT2D eigenvalue weighted by atomic mass is 32.2. The summed E-state index contributed by atoms with van der Waals surface area (Å²) in [5.41, 5.74) is -1.38. The molecule has 0 saturated carbocycles. The smallest absolute Gasteiger partial charge is 0.425 e. The molecule has 0 spiro atoms. The number of aromatic amines is 1. The Morgan fingerprint density at radius 3 is 1.63 bits per heavy atom. The van der Waals surface area contributed by atoms with Crippen LogP contribution >= 0.6 is 0 Å². The van der Waals surface area contributed by atoms with Gasteiger partial charge in [0.15, 0.2) is 12.2 Å². The van der Waals surface area contributed by atoms with E-state index in [1.165, 1.54) is 90.6 Å². The molecule has 1 amide bonds. The molecule has 22 nitrogen and oxygen atoms in total. The lowest BCUT2D eigenvalue weighted by molar-refractivity contribution is -0.282. The van der Waals surface area contributed by atoms with Gasteiger partial charge in [-0.05, 0) is 55.5 Å². The maximum Gasteiger partial charge on any atom is 0.425 e. The van der Waals surface area contributed by atoms with Crippen molar-refractivity contribution in [1.82, 2.24) is 14.3 Å². The summed E-state index contributed by atoms with van der Waals surface area (Å²) < 4.78 is 80.2. The van der Waals surface area contributed by atoms with Gasteiger partial charge in [-0.2, -0.15) is 13.1 Å². The van der Waals surface area contributed by atoms with Gasteiger partial charge >= 0.3 is 51.9 Å². The summed E-state index contributed by atoms with van der Waals surface area (Å²) in [6, 6.07) is 30.0. The molecule has 366 valence electrons. The highest BCUT2D eigenvalue weighted by Crippen LogP contribution is 2.33. The maximum absolute atomic E-state index is 13.9. The number of esters is 5. The van der Waals surface area contributed by atoms with Crippen molar-refractivity contribution < 1.29 is 79.3 Å². The molecule has 2 saturated heterocycles. The van der Waals surface area contributed by atoms with Crippen molar-refractivity contribution in [3.05, 3.63) is 176 Å². The van der Waals surface area contributed by atoms with E-state index in [1.807, 2.05) is 0 Å². The lowest BCUT2D eigenvalue weighted by Crippen LogP contribution is -2.63. The number of aromatic nitrogens is 2. The number of nitrogens with zero attached hydrogens (tertiary/aromatic N) is 1. The molecule has 0 bridgehead atoms. The van der Waals surface area contributed by atoms with E-state index in [0.717, 1.165) is 11.5 Å². The van der Waals surface area contributed by atoms with Gasteiger partial charge in [-0.15, -0.1) is 0 Å². The molecule has 3 heterocycles. The zero-order chi connectivity index (χ0) is 50.0. The number of nitrogens with one attached hydrogen (secondary N) is 2. The average molecular weight is 986 g/mol. The molecule has 5 aromatic rings. The lowest BCUT2D eigenvalue weighted by Gasteiger charge is -2.43. The fraction of sp³-hybridized carbons (Fsp3) is 0.277. The molecule has 4 aromatic carbocycles. The second-order valence-corrected chi connectivity index (χ2v) is 16.8. The van der Waals surface area contributed by atoms with Gasteiger partial charge < -0.3 is 37.9 Å². The first-order valence-corrected chi connectivity index (χ1v) is 22.6. The van der Waals surface area contributed by atoms with E-state index < -0.39 is 120 Å². The maximum atomic E-state index is 13.9. The molecule has 8 atom stereocenters. The van der Waals surface area contributed by atoms with Crippen LogP contribution in [0.4, 0.5) is 4.79 Å². The van der Waals surface area contributed by atoms with Crippen molar-refractivity contribution in [2.24, 2.45) is 0 Å². The molecular weight excluding hydrogens is 943 g/mol. The quantitative estimate of drug-likeness (QED) is 0.106. The summed E-state index contributed by atoms with van der Waals surface area (Å²) in [6.07, 6.45) is -14.3. The normalized spacial score (nSPS) is 21.9. The summed E-state index contributed by atoms with van der Waals surface area (Å²) >= 11 is 0. The highest BCUT2D eigenvalue weighted by Gasteiger charge is 2.55.